The number of benzene rings is 1. The van der Waals surface area contributed by atoms with Gasteiger partial charge in [0.1, 0.15) is 5.69 Å². The number of hydrogen-bond donors (Lipinski definition) is 0. The zero-order valence-electron chi connectivity index (χ0n) is 13.8. The fourth-order valence-electron chi connectivity index (χ4n) is 3.40. The molecule has 1 aromatic carbocycles. The lowest BCUT2D eigenvalue weighted by Gasteiger charge is -2.31. The Kier molecular flexibility index (Phi) is 4.78. The molecule has 0 aliphatic carbocycles. The molecule has 0 spiro atoms. The molecule has 8 heteroatoms. The highest BCUT2D eigenvalue weighted by Gasteiger charge is 2.31. The van der Waals surface area contributed by atoms with Crippen molar-refractivity contribution in [3.05, 3.63) is 28.3 Å². The third-order valence-electron chi connectivity index (χ3n) is 4.97. The molecule has 2 heterocycles. The number of sulfonamides is 1. The van der Waals surface area contributed by atoms with E-state index in [9.17, 15) is 18.5 Å². The Balaban J connectivity index is 1.94. The van der Waals surface area contributed by atoms with Gasteiger partial charge in [-0.3, -0.25) is 10.1 Å². The molecule has 132 valence electrons. The monoisotopic (exact) mass is 353 g/mol. The average Bonchev–Trinajstić information content (AvgIpc) is 3.10. The van der Waals surface area contributed by atoms with Gasteiger partial charge in [0.05, 0.1) is 9.82 Å². The highest BCUT2D eigenvalue weighted by Crippen LogP contribution is 2.34. The van der Waals surface area contributed by atoms with Crippen LogP contribution in [0.5, 0.6) is 0 Å². The molecule has 0 bridgehead atoms. The van der Waals surface area contributed by atoms with Crippen molar-refractivity contribution in [1.82, 2.24) is 4.31 Å². The molecule has 0 aromatic heterocycles. The normalized spacial score (nSPS) is 20.5. The van der Waals surface area contributed by atoms with E-state index in [1.54, 1.807) is 6.07 Å². The SMILES string of the molecule is CC1CCN(c2ccc(S(=O)(=O)N3CCCC3)cc2[N+](=O)[O-])CC1. The number of rotatable bonds is 4. The van der Waals surface area contributed by atoms with Gasteiger partial charge in [-0.2, -0.15) is 4.31 Å². The van der Waals surface area contributed by atoms with Gasteiger partial charge in [-0.15, -0.1) is 0 Å². The predicted octanol–water partition coefficient (Wildman–Crippen LogP) is 2.62. The summed E-state index contributed by atoms with van der Waals surface area (Å²) < 4.78 is 26.7. The highest BCUT2D eigenvalue weighted by molar-refractivity contribution is 7.89. The number of anilines is 1. The average molecular weight is 353 g/mol. The summed E-state index contributed by atoms with van der Waals surface area (Å²) in [6.07, 6.45) is 3.66. The summed E-state index contributed by atoms with van der Waals surface area (Å²) >= 11 is 0. The molecule has 0 amide bonds. The minimum absolute atomic E-state index is 0.0187. The second kappa shape index (κ2) is 6.68. The Hall–Kier alpha value is -1.67. The first-order valence-electron chi connectivity index (χ1n) is 8.43. The Bertz CT molecular complexity index is 721. The number of nitro benzene ring substituents is 1. The van der Waals surface area contributed by atoms with Crippen molar-refractivity contribution in [2.24, 2.45) is 5.92 Å². The van der Waals surface area contributed by atoms with Crippen molar-refractivity contribution < 1.29 is 13.3 Å². The first-order chi connectivity index (χ1) is 11.4. The van der Waals surface area contributed by atoms with E-state index in [1.807, 2.05) is 4.90 Å². The molecule has 2 aliphatic rings. The molecule has 0 radical (unpaired) electrons. The van der Waals surface area contributed by atoms with Crippen molar-refractivity contribution in [2.45, 2.75) is 37.5 Å². The second-order valence-corrected chi connectivity index (χ2v) is 8.63. The third kappa shape index (κ3) is 3.25. The second-order valence-electron chi connectivity index (χ2n) is 6.69. The summed E-state index contributed by atoms with van der Waals surface area (Å²) in [7, 11) is -3.64. The lowest BCUT2D eigenvalue weighted by molar-refractivity contribution is -0.384. The molecule has 0 N–H and O–H groups in total. The minimum atomic E-state index is -3.64. The molecular weight excluding hydrogens is 330 g/mol. The maximum absolute atomic E-state index is 12.6. The molecule has 2 saturated heterocycles. The van der Waals surface area contributed by atoms with Crippen molar-refractivity contribution in [2.75, 3.05) is 31.1 Å². The molecule has 3 rings (SSSR count). The number of piperidine rings is 1. The lowest BCUT2D eigenvalue weighted by atomic mass is 9.98. The molecule has 7 nitrogen and oxygen atoms in total. The van der Waals surface area contributed by atoms with Gasteiger partial charge in [-0.1, -0.05) is 6.92 Å². The van der Waals surface area contributed by atoms with Crippen LogP contribution in [0.15, 0.2) is 23.1 Å². The summed E-state index contributed by atoms with van der Waals surface area (Å²) in [4.78, 5) is 13.0. The summed E-state index contributed by atoms with van der Waals surface area (Å²) in [6, 6.07) is 4.33. The van der Waals surface area contributed by atoms with Crippen LogP contribution in [0.1, 0.15) is 32.6 Å². The van der Waals surface area contributed by atoms with E-state index in [0.29, 0.717) is 24.7 Å². The van der Waals surface area contributed by atoms with Crippen LogP contribution in [0.2, 0.25) is 0 Å². The molecule has 1 aromatic rings. The Morgan fingerprint density at radius 2 is 1.75 bits per heavy atom. The summed E-state index contributed by atoms with van der Waals surface area (Å²) in [5, 5.41) is 11.5. The minimum Gasteiger partial charge on any atom is -0.366 e. The third-order valence-corrected chi connectivity index (χ3v) is 6.87. The van der Waals surface area contributed by atoms with Crippen LogP contribution in [0.3, 0.4) is 0 Å². The van der Waals surface area contributed by atoms with E-state index < -0.39 is 14.9 Å². The highest BCUT2D eigenvalue weighted by atomic mass is 32.2. The maximum atomic E-state index is 12.6. The van der Waals surface area contributed by atoms with Gasteiger partial charge < -0.3 is 4.90 Å². The van der Waals surface area contributed by atoms with Crippen molar-refractivity contribution in [1.29, 1.82) is 0 Å². The quantitative estimate of drug-likeness (QED) is 0.614. The van der Waals surface area contributed by atoms with Crippen LogP contribution in [-0.4, -0.2) is 43.8 Å². The topological polar surface area (TPSA) is 83.8 Å². The van der Waals surface area contributed by atoms with E-state index in [1.165, 1.54) is 16.4 Å². The van der Waals surface area contributed by atoms with Crippen LogP contribution in [0.25, 0.3) is 0 Å². The fraction of sp³-hybridized carbons (Fsp3) is 0.625. The lowest BCUT2D eigenvalue weighted by Crippen LogP contribution is -2.33. The largest absolute Gasteiger partial charge is 0.366 e. The molecule has 2 aliphatic heterocycles. The van der Waals surface area contributed by atoms with Crippen LogP contribution < -0.4 is 4.90 Å². The zero-order valence-corrected chi connectivity index (χ0v) is 14.7. The van der Waals surface area contributed by atoms with Gasteiger partial charge in [-0.25, -0.2) is 8.42 Å². The number of nitro groups is 1. The summed E-state index contributed by atoms with van der Waals surface area (Å²) in [5.74, 6) is 0.620. The van der Waals surface area contributed by atoms with Crippen molar-refractivity contribution in [3.63, 3.8) is 0 Å². The first-order valence-corrected chi connectivity index (χ1v) is 9.87. The number of hydrogen-bond acceptors (Lipinski definition) is 5. The Labute approximate surface area is 142 Å². The van der Waals surface area contributed by atoms with Gasteiger partial charge >= 0.3 is 0 Å². The molecule has 2 fully saturated rings. The van der Waals surface area contributed by atoms with Gasteiger partial charge in [0.15, 0.2) is 0 Å². The van der Waals surface area contributed by atoms with Crippen molar-refractivity contribution in [3.8, 4) is 0 Å². The molecule has 24 heavy (non-hydrogen) atoms. The van der Waals surface area contributed by atoms with Gasteiger partial charge in [0.25, 0.3) is 5.69 Å². The van der Waals surface area contributed by atoms with Crippen molar-refractivity contribution >= 4 is 21.4 Å². The number of nitrogens with zero attached hydrogens (tertiary/aromatic N) is 3. The fourth-order valence-corrected chi connectivity index (χ4v) is 4.94. The van der Waals surface area contributed by atoms with Gasteiger partial charge in [0.2, 0.25) is 10.0 Å². The molecule has 0 unspecified atom stereocenters. The maximum Gasteiger partial charge on any atom is 0.293 e. The van der Waals surface area contributed by atoms with Crippen LogP contribution in [-0.2, 0) is 10.0 Å². The molecule has 0 atom stereocenters. The molecular formula is C16H23N3O4S. The van der Waals surface area contributed by atoms with Gasteiger partial charge in [-0.05, 0) is 43.7 Å². The van der Waals surface area contributed by atoms with E-state index in [4.69, 9.17) is 0 Å². The summed E-state index contributed by atoms with van der Waals surface area (Å²) in [6.45, 7) is 4.68. The van der Waals surface area contributed by atoms with E-state index in [-0.39, 0.29) is 10.6 Å². The molecule has 0 saturated carbocycles. The Morgan fingerprint density at radius 1 is 1.12 bits per heavy atom. The van der Waals surface area contributed by atoms with Crippen LogP contribution in [0, 0.1) is 16.0 Å². The Morgan fingerprint density at radius 3 is 2.33 bits per heavy atom. The van der Waals surface area contributed by atoms with E-state index in [2.05, 4.69) is 6.92 Å². The van der Waals surface area contributed by atoms with E-state index in [0.717, 1.165) is 38.8 Å². The standard InChI is InChI=1S/C16H23N3O4S/c1-13-6-10-17(11-7-13)15-5-4-14(12-16(15)19(20)21)24(22,23)18-8-2-3-9-18/h4-5,12-13H,2-3,6-11H2,1H3. The van der Waals surface area contributed by atoms with Gasteiger partial charge in [0, 0.05) is 32.2 Å². The van der Waals surface area contributed by atoms with E-state index >= 15 is 0 Å². The van der Waals surface area contributed by atoms with Crippen LogP contribution >= 0.6 is 0 Å². The zero-order chi connectivity index (χ0) is 17.3. The predicted molar refractivity (Wildman–Crippen MR) is 91.7 cm³/mol. The first kappa shape index (κ1) is 17.2. The smallest absolute Gasteiger partial charge is 0.293 e. The summed E-state index contributed by atoms with van der Waals surface area (Å²) in [5.41, 5.74) is 0.400. The van der Waals surface area contributed by atoms with Crippen LogP contribution in [0.4, 0.5) is 11.4 Å².